The van der Waals surface area contributed by atoms with Crippen LogP contribution < -0.4 is 5.32 Å². The number of aryl methyl sites for hydroxylation is 1. The number of nitrogens with one attached hydrogen (secondary N) is 1. The molecule has 1 aliphatic rings. The van der Waals surface area contributed by atoms with Crippen LogP contribution in [-0.2, 0) is 16.0 Å². The molecule has 1 fully saturated rings. The van der Waals surface area contributed by atoms with Gasteiger partial charge in [-0.15, -0.1) is 11.8 Å². The van der Waals surface area contributed by atoms with E-state index in [1.165, 1.54) is 25.5 Å². The fourth-order valence-corrected chi connectivity index (χ4v) is 3.86. The molecule has 1 atom stereocenters. The SMILES string of the molecule is CCCCc1ccc(NC(=S)N2CCS[C@H](C(=O)OC)C2)cc1. The van der Waals surface area contributed by atoms with Crippen LogP contribution in [-0.4, -0.2) is 47.2 Å². The summed E-state index contributed by atoms with van der Waals surface area (Å²) in [6.07, 6.45) is 3.54. The van der Waals surface area contributed by atoms with Gasteiger partial charge in [0, 0.05) is 24.5 Å². The Labute approximate surface area is 148 Å². The number of carbonyl (C=O) groups is 1. The molecule has 0 radical (unpaired) electrons. The summed E-state index contributed by atoms with van der Waals surface area (Å²) < 4.78 is 4.83. The highest BCUT2D eigenvalue weighted by atomic mass is 32.2. The third-order valence-corrected chi connectivity index (χ3v) is 5.36. The molecule has 0 spiro atoms. The number of nitrogens with zero attached hydrogens (tertiary/aromatic N) is 1. The van der Waals surface area contributed by atoms with Crippen molar-refractivity contribution in [3.8, 4) is 0 Å². The van der Waals surface area contributed by atoms with Gasteiger partial charge in [0.1, 0.15) is 5.25 Å². The first-order chi connectivity index (χ1) is 11.1. The molecule has 1 aromatic rings. The minimum absolute atomic E-state index is 0.162. The molecule has 0 aromatic heterocycles. The maximum Gasteiger partial charge on any atom is 0.320 e. The average molecular weight is 353 g/mol. The molecule has 0 unspecified atom stereocenters. The Morgan fingerprint density at radius 3 is 2.83 bits per heavy atom. The number of thioether (sulfide) groups is 1. The van der Waals surface area contributed by atoms with Gasteiger partial charge >= 0.3 is 5.97 Å². The first-order valence-corrected chi connectivity index (χ1v) is 9.44. The van der Waals surface area contributed by atoms with E-state index in [0.717, 1.165) is 24.4 Å². The van der Waals surface area contributed by atoms with Crippen molar-refractivity contribution < 1.29 is 9.53 Å². The first kappa shape index (κ1) is 18.1. The van der Waals surface area contributed by atoms with Crippen molar-refractivity contribution in [1.29, 1.82) is 0 Å². The summed E-state index contributed by atoms with van der Waals surface area (Å²) in [6.45, 7) is 3.64. The number of esters is 1. The zero-order valence-electron chi connectivity index (χ0n) is 13.7. The smallest absolute Gasteiger partial charge is 0.320 e. The molecule has 0 amide bonds. The third kappa shape index (κ3) is 5.39. The molecule has 4 nitrogen and oxygen atoms in total. The van der Waals surface area contributed by atoms with Crippen molar-refractivity contribution in [3.63, 3.8) is 0 Å². The number of ether oxygens (including phenoxy) is 1. The van der Waals surface area contributed by atoms with Gasteiger partial charge < -0.3 is 15.0 Å². The molecule has 1 aliphatic heterocycles. The van der Waals surface area contributed by atoms with E-state index in [2.05, 4.69) is 36.5 Å². The van der Waals surface area contributed by atoms with Crippen molar-refractivity contribution in [3.05, 3.63) is 29.8 Å². The number of rotatable bonds is 5. The predicted octanol–water partition coefficient (Wildman–Crippen LogP) is 3.32. The number of hydrogen-bond donors (Lipinski definition) is 1. The Bertz CT molecular complexity index is 534. The van der Waals surface area contributed by atoms with Gasteiger partial charge in [0.25, 0.3) is 0 Å². The maximum atomic E-state index is 11.7. The largest absolute Gasteiger partial charge is 0.468 e. The van der Waals surface area contributed by atoms with Crippen molar-refractivity contribution in [2.75, 3.05) is 31.3 Å². The predicted molar refractivity (Wildman–Crippen MR) is 101 cm³/mol. The van der Waals surface area contributed by atoms with E-state index >= 15 is 0 Å². The van der Waals surface area contributed by atoms with Crippen molar-refractivity contribution in [2.24, 2.45) is 0 Å². The fraction of sp³-hybridized carbons (Fsp3) is 0.529. The lowest BCUT2D eigenvalue weighted by Gasteiger charge is -2.33. The highest BCUT2D eigenvalue weighted by Gasteiger charge is 2.28. The Morgan fingerprint density at radius 2 is 2.17 bits per heavy atom. The normalized spacial score (nSPS) is 17.7. The zero-order valence-corrected chi connectivity index (χ0v) is 15.3. The van der Waals surface area contributed by atoms with E-state index in [9.17, 15) is 4.79 Å². The second kappa shape index (κ2) is 9.13. The summed E-state index contributed by atoms with van der Waals surface area (Å²) in [4.78, 5) is 13.7. The van der Waals surface area contributed by atoms with Gasteiger partial charge in [0.05, 0.1) is 7.11 Å². The highest BCUT2D eigenvalue weighted by molar-refractivity contribution is 8.00. The molecule has 126 valence electrons. The number of carbonyl (C=O) groups excluding carboxylic acids is 1. The van der Waals surface area contributed by atoms with Crippen LogP contribution in [0.4, 0.5) is 5.69 Å². The van der Waals surface area contributed by atoms with E-state index in [0.29, 0.717) is 11.7 Å². The molecule has 23 heavy (non-hydrogen) atoms. The van der Waals surface area contributed by atoms with Gasteiger partial charge in [-0.2, -0.15) is 0 Å². The summed E-state index contributed by atoms with van der Waals surface area (Å²) in [7, 11) is 1.43. The summed E-state index contributed by atoms with van der Waals surface area (Å²) >= 11 is 7.12. The number of thiocarbonyl (C=S) groups is 1. The van der Waals surface area contributed by atoms with E-state index in [1.54, 1.807) is 11.8 Å². The molecule has 1 saturated heterocycles. The van der Waals surface area contributed by atoms with Crippen LogP contribution in [0.3, 0.4) is 0 Å². The molecule has 0 aliphatic carbocycles. The molecule has 0 bridgehead atoms. The van der Waals surface area contributed by atoms with Gasteiger partial charge in [0.15, 0.2) is 5.11 Å². The highest BCUT2D eigenvalue weighted by Crippen LogP contribution is 2.21. The standard InChI is InChI=1S/C17H24N2O2S2/c1-3-4-5-13-6-8-14(9-7-13)18-17(22)19-10-11-23-15(12-19)16(20)21-2/h6-9,15H,3-5,10-12H2,1-2H3,(H,18,22)/t15-/m0/s1. The van der Waals surface area contributed by atoms with Crippen LogP contribution in [0.25, 0.3) is 0 Å². The lowest BCUT2D eigenvalue weighted by molar-refractivity contribution is -0.140. The van der Waals surface area contributed by atoms with Crippen molar-refractivity contribution >= 4 is 40.7 Å². The molecule has 6 heteroatoms. The van der Waals surface area contributed by atoms with Crippen LogP contribution >= 0.6 is 24.0 Å². The minimum Gasteiger partial charge on any atom is -0.468 e. The summed E-state index contributed by atoms with van der Waals surface area (Å²) in [5.41, 5.74) is 2.34. The lowest BCUT2D eigenvalue weighted by Crippen LogP contribution is -2.46. The van der Waals surface area contributed by atoms with Gasteiger partial charge in [-0.05, 0) is 42.8 Å². The lowest BCUT2D eigenvalue weighted by atomic mass is 10.1. The average Bonchev–Trinajstić information content (AvgIpc) is 2.60. The summed E-state index contributed by atoms with van der Waals surface area (Å²) in [5.74, 6) is 0.695. The topological polar surface area (TPSA) is 41.6 Å². The van der Waals surface area contributed by atoms with Gasteiger partial charge in [0.2, 0.25) is 0 Å². The summed E-state index contributed by atoms with van der Waals surface area (Å²) in [5, 5.41) is 3.77. The van der Waals surface area contributed by atoms with E-state index in [1.807, 2.05) is 4.90 Å². The second-order valence-electron chi connectivity index (χ2n) is 5.56. The van der Waals surface area contributed by atoms with Crippen LogP contribution in [0.15, 0.2) is 24.3 Å². The molecule has 0 saturated carbocycles. The summed E-state index contributed by atoms with van der Waals surface area (Å²) in [6, 6.07) is 8.41. The van der Waals surface area contributed by atoms with Crippen LogP contribution in [0.2, 0.25) is 0 Å². The number of unbranched alkanes of at least 4 members (excludes halogenated alkanes) is 1. The van der Waals surface area contributed by atoms with Crippen molar-refractivity contribution in [1.82, 2.24) is 4.90 Å². The van der Waals surface area contributed by atoms with Crippen LogP contribution in [0, 0.1) is 0 Å². The van der Waals surface area contributed by atoms with Gasteiger partial charge in [-0.1, -0.05) is 25.5 Å². The number of methoxy groups -OCH3 is 1. The number of anilines is 1. The third-order valence-electron chi connectivity index (χ3n) is 3.84. The first-order valence-electron chi connectivity index (χ1n) is 7.98. The Morgan fingerprint density at radius 1 is 1.43 bits per heavy atom. The Hall–Kier alpha value is -1.27. The van der Waals surface area contributed by atoms with Gasteiger partial charge in [-0.3, -0.25) is 4.79 Å². The molecule has 1 aromatic carbocycles. The monoisotopic (exact) mass is 352 g/mol. The Balaban J connectivity index is 1.89. The number of benzene rings is 1. The van der Waals surface area contributed by atoms with Gasteiger partial charge in [-0.25, -0.2) is 0 Å². The number of hydrogen-bond acceptors (Lipinski definition) is 4. The quantitative estimate of drug-likeness (QED) is 0.648. The second-order valence-corrected chi connectivity index (χ2v) is 7.26. The molecule has 2 rings (SSSR count). The maximum absolute atomic E-state index is 11.7. The molecular weight excluding hydrogens is 328 g/mol. The Kier molecular flexibility index (Phi) is 7.17. The van der Waals surface area contributed by atoms with Crippen LogP contribution in [0.1, 0.15) is 25.3 Å². The van der Waals surface area contributed by atoms with E-state index in [-0.39, 0.29) is 11.2 Å². The molecule has 1 heterocycles. The zero-order chi connectivity index (χ0) is 16.7. The molecule has 1 N–H and O–H groups in total. The van der Waals surface area contributed by atoms with E-state index in [4.69, 9.17) is 17.0 Å². The molecular formula is C17H24N2O2S2. The minimum atomic E-state index is -0.178. The fourth-order valence-electron chi connectivity index (χ4n) is 2.45. The van der Waals surface area contributed by atoms with Crippen LogP contribution in [0.5, 0.6) is 0 Å². The van der Waals surface area contributed by atoms with Crippen molar-refractivity contribution in [2.45, 2.75) is 31.4 Å². The van der Waals surface area contributed by atoms with E-state index < -0.39 is 0 Å².